The first kappa shape index (κ1) is 13.9. The summed E-state index contributed by atoms with van der Waals surface area (Å²) in [6.07, 6.45) is 0. The Bertz CT molecular complexity index is 540. The van der Waals surface area contributed by atoms with E-state index in [0.717, 1.165) is 26.4 Å². The minimum atomic E-state index is 0.0633. The summed E-state index contributed by atoms with van der Waals surface area (Å²) in [5, 5.41) is 0.732. The Morgan fingerprint density at radius 2 is 1.78 bits per heavy atom. The molecule has 0 fully saturated rings. The number of ether oxygens (including phenoxy) is 1. The van der Waals surface area contributed by atoms with Crippen molar-refractivity contribution in [2.24, 2.45) is 0 Å². The van der Waals surface area contributed by atoms with Gasteiger partial charge in [0.15, 0.2) is 0 Å². The summed E-state index contributed by atoms with van der Waals surface area (Å²) in [5.41, 5.74) is 2.17. The standard InChI is InChI=1S/C14H11Br2ClO/c1-18-10-7-5-9(6-8-10)13(16)11-3-2-4-12(15)14(11)17/h2-8,13H,1H3. The van der Waals surface area contributed by atoms with Crippen LogP contribution in [0, 0.1) is 0 Å². The number of alkyl halides is 1. The van der Waals surface area contributed by atoms with Gasteiger partial charge in [-0.05, 0) is 45.3 Å². The largest absolute Gasteiger partial charge is 0.497 e. The monoisotopic (exact) mass is 388 g/mol. The van der Waals surface area contributed by atoms with Crippen LogP contribution in [0.25, 0.3) is 0 Å². The lowest BCUT2D eigenvalue weighted by atomic mass is 10.0. The van der Waals surface area contributed by atoms with Crippen molar-refractivity contribution in [3.63, 3.8) is 0 Å². The maximum Gasteiger partial charge on any atom is 0.118 e. The Morgan fingerprint density at radius 1 is 1.11 bits per heavy atom. The molecule has 18 heavy (non-hydrogen) atoms. The molecule has 1 atom stereocenters. The van der Waals surface area contributed by atoms with Crippen LogP contribution < -0.4 is 4.74 Å². The maximum atomic E-state index is 6.29. The molecule has 0 saturated carbocycles. The SMILES string of the molecule is COc1ccc(C(Br)c2cccc(Br)c2Cl)cc1. The number of hydrogen-bond donors (Lipinski definition) is 0. The van der Waals surface area contributed by atoms with Gasteiger partial charge in [-0.15, -0.1) is 0 Å². The highest BCUT2D eigenvalue weighted by molar-refractivity contribution is 9.10. The quantitative estimate of drug-likeness (QED) is 0.620. The van der Waals surface area contributed by atoms with E-state index in [1.165, 1.54) is 0 Å². The molecule has 1 nitrogen and oxygen atoms in total. The second kappa shape index (κ2) is 6.09. The fourth-order valence-corrected chi connectivity index (χ4v) is 3.10. The van der Waals surface area contributed by atoms with Crippen LogP contribution in [-0.2, 0) is 0 Å². The van der Waals surface area contributed by atoms with Crippen molar-refractivity contribution in [1.82, 2.24) is 0 Å². The second-order valence-corrected chi connectivity index (χ2v) is 5.93. The van der Waals surface area contributed by atoms with Gasteiger partial charge >= 0.3 is 0 Å². The molecule has 0 radical (unpaired) electrons. The molecule has 2 aromatic rings. The Labute approximate surface area is 128 Å². The molecule has 0 aliphatic rings. The van der Waals surface area contributed by atoms with Crippen LogP contribution in [0.5, 0.6) is 5.75 Å². The predicted molar refractivity (Wildman–Crippen MR) is 82.9 cm³/mol. The number of methoxy groups -OCH3 is 1. The topological polar surface area (TPSA) is 9.23 Å². The molecule has 4 heteroatoms. The van der Waals surface area contributed by atoms with Gasteiger partial charge in [0.25, 0.3) is 0 Å². The minimum absolute atomic E-state index is 0.0633. The first-order valence-electron chi connectivity index (χ1n) is 5.35. The lowest BCUT2D eigenvalue weighted by molar-refractivity contribution is 0.414. The van der Waals surface area contributed by atoms with Crippen LogP contribution in [0.4, 0.5) is 0 Å². The lowest BCUT2D eigenvalue weighted by Gasteiger charge is -2.13. The summed E-state index contributed by atoms with van der Waals surface area (Å²) in [4.78, 5) is 0.0633. The third kappa shape index (κ3) is 2.90. The van der Waals surface area contributed by atoms with Gasteiger partial charge in [0.1, 0.15) is 5.75 Å². The first-order valence-corrected chi connectivity index (χ1v) is 7.44. The lowest BCUT2D eigenvalue weighted by Crippen LogP contribution is -1.94. The van der Waals surface area contributed by atoms with Gasteiger partial charge < -0.3 is 4.74 Å². The van der Waals surface area contributed by atoms with Crippen molar-refractivity contribution >= 4 is 43.5 Å². The molecule has 2 rings (SSSR count). The molecule has 0 aliphatic heterocycles. The summed E-state index contributed by atoms with van der Waals surface area (Å²) in [6, 6.07) is 13.8. The van der Waals surface area contributed by atoms with Crippen molar-refractivity contribution in [2.45, 2.75) is 4.83 Å². The van der Waals surface area contributed by atoms with Crippen LogP contribution in [0.2, 0.25) is 5.02 Å². The van der Waals surface area contributed by atoms with Gasteiger partial charge in [-0.25, -0.2) is 0 Å². The third-order valence-electron chi connectivity index (χ3n) is 2.66. The van der Waals surface area contributed by atoms with E-state index in [0.29, 0.717) is 0 Å². The molecule has 0 N–H and O–H groups in total. The molecule has 0 saturated heterocycles. The van der Waals surface area contributed by atoms with E-state index in [4.69, 9.17) is 16.3 Å². The first-order chi connectivity index (χ1) is 8.63. The van der Waals surface area contributed by atoms with Gasteiger partial charge in [0.2, 0.25) is 0 Å². The van der Waals surface area contributed by atoms with Crippen molar-refractivity contribution in [3.05, 3.63) is 63.1 Å². The zero-order chi connectivity index (χ0) is 13.1. The highest BCUT2D eigenvalue weighted by atomic mass is 79.9. The van der Waals surface area contributed by atoms with E-state index in [1.54, 1.807) is 7.11 Å². The van der Waals surface area contributed by atoms with Crippen LogP contribution >= 0.6 is 43.5 Å². The number of halogens is 3. The average Bonchev–Trinajstić information content (AvgIpc) is 2.41. The number of rotatable bonds is 3. The molecule has 0 spiro atoms. The fraction of sp³-hybridized carbons (Fsp3) is 0.143. The molecule has 0 heterocycles. The highest BCUT2D eigenvalue weighted by Crippen LogP contribution is 2.38. The van der Waals surface area contributed by atoms with Crippen molar-refractivity contribution in [1.29, 1.82) is 0 Å². The molecule has 1 unspecified atom stereocenters. The molecule has 2 aromatic carbocycles. The zero-order valence-corrected chi connectivity index (χ0v) is 13.6. The van der Waals surface area contributed by atoms with Crippen molar-refractivity contribution in [2.75, 3.05) is 7.11 Å². The zero-order valence-electron chi connectivity index (χ0n) is 9.66. The summed E-state index contributed by atoms with van der Waals surface area (Å²) >= 11 is 13.4. The fourth-order valence-electron chi connectivity index (χ4n) is 1.67. The van der Waals surface area contributed by atoms with E-state index in [2.05, 4.69) is 31.9 Å². The minimum Gasteiger partial charge on any atom is -0.497 e. The van der Waals surface area contributed by atoms with Gasteiger partial charge in [-0.2, -0.15) is 0 Å². The average molecular weight is 391 g/mol. The van der Waals surface area contributed by atoms with E-state index in [-0.39, 0.29) is 4.83 Å². The van der Waals surface area contributed by atoms with Gasteiger partial charge in [-0.1, -0.05) is 51.8 Å². The molecule has 94 valence electrons. The molecular weight excluding hydrogens is 379 g/mol. The molecule has 0 aliphatic carbocycles. The Kier molecular flexibility index (Phi) is 4.71. The predicted octanol–water partition coefficient (Wildman–Crippen LogP) is 5.60. The van der Waals surface area contributed by atoms with E-state index < -0.39 is 0 Å². The molecule has 0 aromatic heterocycles. The van der Waals surface area contributed by atoms with Crippen LogP contribution in [-0.4, -0.2) is 7.11 Å². The van der Waals surface area contributed by atoms with Crippen LogP contribution in [0.15, 0.2) is 46.9 Å². The molecule has 0 bridgehead atoms. The second-order valence-electron chi connectivity index (χ2n) is 3.78. The Morgan fingerprint density at radius 3 is 2.39 bits per heavy atom. The van der Waals surface area contributed by atoms with E-state index >= 15 is 0 Å². The summed E-state index contributed by atoms with van der Waals surface area (Å²) < 4.78 is 6.05. The normalized spacial score (nSPS) is 12.2. The summed E-state index contributed by atoms with van der Waals surface area (Å²) in [7, 11) is 1.66. The van der Waals surface area contributed by atoms with Gasteiger partial charge in [0, 0.05) is 4.47 Å². The smallest absolute Gasteiger partial charge is 0.118 e. The number of hydrogen-bond acceptors (Lipinski definition) is 1. The summed E-state index contributed by atoms with van der Waals surface area (Å²) in [5.74, 6) is 0.846. The van der Waals surface area contributed by atoms with Gasteiger partial charge in [0.05, 0.1) is 17.0 Å². The van der Waals surface area contributed by atoms with E-state index in [9.17, 15) is 0 Å². The number of benzene rings is 2. The van der Waals surface area contributed by atoms with Crippen LogP contribution in [0.1, 0.15) is 16.0 Å². The van der Waals surface area contributed by atoms with Gasteiger partial charge in [-0.3, -0.25) is 0 Å². The molecule has 0 amide bonds. The third-order valence-corrected chi connectivity index (χ3v) is 5.00. The van der Waals surface area contributed by atoms with Crippen molar-refractivity contribution in [3.8, 4) is 5.75 Å². The highest BCUT2D eigenvalue weighted by Gasteiger charge is 2.15. The summed E-state index contributed by atoms with van der Waals surface area (Å²) in [6.45, 7) is 0. The van der Waals surface area contributed by atoms with Crippen LogP contribution in [0.3, 0.4) is 0 Å². The molecular formula is C14H11Br2ClO. The Balaban J connectivity index is 2.35. The van der Waals surface area contributed by atoms with E-state index in [1.807, 2.05) is 42.5 Å². The Hall–Kier alpha value is -0.510. The maximum absolute atomic E-state index is 6.29. The van der Waals surface area contributed by atoms with Crippen molar-refractivity contribution < 1.29 is 4.74 Å².